The van der Waals surface area contributed by atoms with Crippen LogP contribution >= 0.6 is 12.4 Å². The minimum absolute atomic E-state index is 0. The predicted molar refractivity (Wildman–Crippen MR) is 110 cm³/mol. The zero-order valence-electron chi connectivity index (χ0n) is 15.5. The van der Waals surface area contributed by atoms with Gasteiger partial charge in [-0.2, -0.15) is 0 Å². The van der Waals surface area contributed by atoms with Gasteiger partial charge in [-0.3, -0.25) is 0 Å². The van der Waals surface area contributed by atoms with Crippen molar-refractivity contribution in [2.24, 2.45) is 0 Å². The lowest BCUT2D eigenvalue weighted by atomic mass is 9.87. The summed E-state index contributed by atoms with van der Waals surface area (Å²) in [7, 11) is 4.20. The van der Waals surface area contributed by atoms with E-state index in [-0.39, 0.29) is 12.4 Å². The first-order valence-corrected chi connectivity index (χ1v) is 8.97. The molecule has 0 bridgehead atoms. The summed E-state index contributed by atoms with van der Waals surface area (Å²) < 4.78 is 0. The van der Waals surface area contributed by atoms with Crippen LogP contribution < -0.4 is 0 Å². The molecule has 2 N–H and O–H groups in total. The topological polar surface area (TPSA) is 43.7 Å². The molecule has 0 fully saturated rings. The average molecular weight is 374 g/mol. The normalized spacial score (nSPS) is 17.7. The summed E-state index contributed by atoms with van der Waals surface area (Å²) in [4.78, 5) is 2.22. The van der Waals surface area contributed by atoms with E-state index in [2.05, 4.69) is 31.1 Å². The molecule has 0 spiro atoms. The van der Waals surface area contributed by atoms with Gasteiger partial charge in [0, 0.05) is 6.54 Å². The molecule has 0 saturated heterocycles. The molecule has 3 rings (SSSR count). The first-order chi connectivity index (χ1) is 12.0. The molecule has 1 atom stereocenters. The van der Waals surface area contributed by atoms with Crippen molar-refractivity contribution in [2.45, 2.75) is 31.6 Å². The zero-order chi connectivity index (χ0) is 17.8. The smallest absolute Gasteiger partial charge is 0.116 e. The quantitative estimate of drug-likeness (QED) is 0.774. The van der Waals surface area contributed by atoms with Crippen LogP contribution in [0.5, 0.6) is 11.5 Å². The number of halogens is 1. The first-order valence-electron chi connectivity index (χ1n) is 8.97. The van der Waals surface area contributed by atoms with E-state index in [9.17, 15) is 10.2 Å². The molecular formula is C22H28ClNO2. The van der Waals surface area contributed by atoms with E-state index in [1.54, 1.807) is 12.1 Å². The van der Waals surface area contributed by atoms with Gasteiger partial charge in [0.2, 0.25) is 0 Å². The Morgan fingerprint density at radius 2 is 1.69 bits per heavy atom. The molecule has 0 saturated carbocycles. The molecule has 0 aromatic heterocycles. The third-order valence-electron chi connectivity index (χ3n) is 4.95. The number of hydrogen-bond donors (Lipinski definition) is 2. The Hall–Kier alpha value is -1.97. The summed E-state index contributed by atoms with van der Waals surface area (Å²) in [6.45, 7) is 0.942. The van der Waals surface area contributed by atoms with Crippen LogP contribution in [0.15, 0.2) is 54.1 Å². The number of allylic oxidation sites excluding steroid dienone is 1. The lowest BCUT2D eigenvalue weighted by Crippen LogP contribution is -2.16. The Bertz CT molecular complexity index is 770. The zero-order valence-corrected chi connectivity index (χ0v) is 16.3. The van der Waals surface area contributed by atoms with Crippen molar-refractivity contribution in [2.75, 3.05) is 20.6 Å². The average Bonchev–Trinajstić information content (AvgIpc) is 2.77. The molecule has 2 aromatic rings. The van der Waals surface area contributed by atoms with Crippen LogP contribution in [0.25, 0.3) is 5.57 Å². The summed E-state index contributed by atoms with van der Waals surface area (Å²) in [5.41, 5.74) is 5.11. The number of benzene rings is 2. The maximum absolute atomic E-state index is 9.94. The Morgan fingerprint density at radius 3 is 2.35 bits per heavy atom. The van der Waals surface area contributed by atoms with Gasteiger partial charge < -0.3 is 15.1 Å². The molecule has 0 radical (unpaired) electrons. The Kier molecular flexibility index (Phi) is 7.13. The third-order valence-corrected chi connectivity index (χ3v) is 4.95. The van der Waals surface area contributed by atoms with Crippen LogP contribution in [0.4, 0.5) is 0 Å². The second-order valence-electron chi connectivity index (χ2n) is 7.26. The molecule has 0 amide bonds. The Labute approximate surface area is 162 Å². The van der Waals surface area contributed by atoms with Gasteiger partial charge in [0.1, 0.15) is 11.5 Å². The van der Waals surface area contributed by atoms with Crippen LogP contribution in [0, 0.1) is 0 Å². The van der Waals surface area contributed by atoms with Crippen molar-refractivity contribution >= 4 is 18.0 Å². The van der Waals surface area contributed by atoms with E-state index in [1.807, 2.05) is 24.3 Å². The Morgan fingerprint density at radius 1 is 1.00 bits per heavy atom. The number of phenolic OH excluding ortho intramolecular Hbond substituents is 2. The van der Waals surface area contributed by atoms with Gasteiger partial charge in [-0.05, 0) is 86.7 Å². The summed E-state index contributed by atoms with van der Waals surface area (Å²) in [6.07, 6.45) is 4.28. The van der Waals surface area contributed by atoms with Crippen molar-refractivity contribution in [3.05, 3.63) is 65.2 Å². The number of hydrogen-bond acceptors (Lipinski definition) is 3. The number of rotatable bonds is 4. The second kappa shape index (κ2) is 9.11. The molecule has 1 aliphatic carbocycles. The van der Waals surface area contributed by atoms with E-state index < -0.39 is 0 Å². The van der Waals surface area contributed by atoms with Crippen molar-refractivity contribution in [1.82, 2.24) is 4.90 Å². The van der Waals surface area contributed by atoms with Crippen LogP contribution in [-0.4, -0.2) is 35.8 Å². The summed E-state index contributed by atoms with van der Waals surface area (Å²) in [5.74, 6) is 1.04. The monoisotopic (exact) mass is 373 g/mol. The van der Waals surface area contributed by atoms with Crippen LogP contribution in [0.3, 0.4) is 0 Å². The molecule has 2 aromatic carbocycles. The van der Waals surface area contributed by atoms with Crippen LogP contribution in [0.2, 0.25) is 0 Å². The fourth-order valence-electron chi connectivity index (χ4n) is 3.84. The van der Waals surface area contributed by atoms with E-state index in [4.69, 9.17) is 0 Å². The SMILES string of the molecule is CN(C)CC1=C(c2cccc(O)c2)CC(c2cccc(O)c2)CCC1.Cl. The minimum atomic E-state index is 0. The Balaban J connectivity index is 0.00000243. The minimum Gasteiger partial charge on any atom is -0.508 e. The van der Waals surface area contributed by atoms with Gasteiger partial charge in [-0.1, -0.05) is 29.8 Å². The maximum atomic E-state index is 9.94. The number of phenols is 2. The van der Waals surface area contributed by atoms with E-state index in [0.29, 0.717) is 17.4 Å². The predicted octanol–water partition coefficient (Wildman–Crippen LogP) is 5.19. The molecule has 3 nitrogen and oxygen atoms in total. The van der Waals surface area contributed by atoms with Gasteiger partial charge in [0.15, 0.2) is 0 Å². The van der Waals surface area contributed by atoms with Crippen LogP contribution in [-0.2, 0) is 0 Å². The van der Waals surface area contributed by atoms with Crippen molar-refractivity contribution in [3.8, 4) is 11.5 Å². The van der Waals surface area contributed by atoms with Crippen molar-refractivity contribution in [3.63, 3.8) is 0 Å². The molecule has 0 aliphatic heterocycles. The highest BCUT2D eigenvalue weighted by molar-refractivity contribution is 5.85. The van der Waals surface area contributed by atoms with Crippen molar-refractivity contribution in [1.29, 1.82) is 0 Å². The van der Waals surface area contributed by atoms with E-state index >= 15 is 0 Å². The van der Waals surface area contributed by atoms with Gasteiger partial charge in [-0.15, -0.1) is 12.4 Å². The third kappa shape index (κ3) is 5.03. The van der Waals surface area contributed by atoms with Gasteiger partial charge in [-0.25, -0.2) is 0 Å². The summed E-state index contributed by atoms with van der Waals surface area (Å²) >= 11 is 0. The lowest BCUT2D eigenvalue weighted by molar-refractivity contribution is 0.438. The fourth-order valence-corrected chi connectivity index (χ4v) is 3.84. The van der Waals surface area contributed by atoms with E-state index in [1.165, 1.54) is 16.7 Å². The first kappa shape index (κ1) is 20.3. The van der Waals surface area contributed by atoms with Gasteiger partial charge >= 0.3 is 0 Å². The molecule has 4 heteroatoms. The maximum Gasteiger partial charge on any atom is 0.116 e. The molecular weight excluding hydrogens is 346 g/mol. The van der Waals surface area contributed by atoms with Gasteiger partial charge in [0.05, 0.1) is 0 Å². The number of likely N-dealkylation sites (N-methyl/N-ethyl adjacent to an activating group) is 1. The highest BCUT2D eigenvalue weighted by Gasteiger charge is 2.22. The lowest BCUT2D eigenvalue weighted by Gasteiger charge is -2.20. The molecule has 1 unspecified atom stereocenters. The second-order valence-corrected chi connectivity index (χ2v) is 7.26. The molecule has 26 heavy (non-hydrogen) atoms. The molecule has 140 valence electrons. The largest absolute Gasteiger partial charge is 0.508 e. The number of nitrogens with zero attached hydrogens (tertiary/aromatic N) is 1. The van der Waals surface area contributed by atoms with Crippen LogP contribution in [0.1, 0.15) is 42.7 Å². The summed E-state index contributed by atoms with van der Waals surface area (Å²) in [6, 6.07) is 15.3. The standard InChI is InChI=1S/C22H27NO2.ClH/c1-23(2)15-19-9-3-6-17(16-7-4-10-20(24)12-16)14-22(19)18-8-5-11-21(25)13-18;/h4-5,7-8,10-13,17,24-25H,3,6,9,14-15H2,1-2H3;1H. The molecule has 1 aliphatic rings. The summed E-state index contributed by atoms with van der Waals surface area (Å²) in [5, 5.41) is 19.8. The van der Waals surface area contributed by atoms with Gasteiger partial charge in [0.25, 0.3) is 0 Å². The molecule has 0 heterocycles. The fraction of sp³-hybridized carbons (Fsp3) is 0.364. The highest BCUT2D eigenvalue weighted by Crippen LogP contribution is 2.40. The van der Waals surface area contributed by atoms with Crippen molar-refractivity contribution < 1.29 is 10.2 Å². The van der Waals surface area contributed by atoms with E-state index in [0.717, 1.165) is 37.8 Å². The number of aromatic hydroxyl groups is 2. The highest BCUT2D eigenvalue weighted by atomic mass is 35.5.